The number of likely N-dealkylation sites (tertiary alicyclic amines) is 1. The summed E-state index contributed by atoms with van der Waals surface area (Å²) in [6, 6.07) is 16.7. The molecule has 0 spiro atoms. The van der Waals surface area contributed by atoms with Crippen molar-refractivity contribution in [2.75, 3.05) is 33.9 Å². The molecule has 2 aliphatic heterocycles. The van der Waals surface area contributed by atoms with Gasteiger partial charge in [-0.1, -0.05) is 23.7 Å². The van der Waals surface area contributed by atoms with E-state index in [4.69, 9.17) is 45.4 Å². The van der Waals surface area contributed by atoms with Crippen molar-refractivity contribution < 1.29 is 38.7 Å². The molecule has 1 unspecified atom stereocenters. The van der Waals surface area contributed by atoms with Gasteiger partial charge in [0.15, 0.2) is 11.5 Å². The molecule has 0 amide bonds. The molecule has 0 radical (unpaired) electrons. The minimum atomic E-state index is -1.04. The second-order valence-corrected chi connectivity index (χ2v) is 11.4. The van der Waals surface area contributed by atoms with Crippen molar-refractivity contribution >= 4 is 35.1 Å². The standard InChI is InChI=1S/C32H34ClN3O6.CH2O2/c1-32(24-9-8-22(40-3)18-25(24)33)41-28-6-4-5-23(30(28)42-32)20-11-13-35(14-12-20)19-29-34-26-10-7-21(31(37)38)17-27(26)36(29)15-16-39-2;2-1-3/h4-10,17-18,20H,11-16,19H2,1-3H3,(H,37,38);1H,(H,2,3). The summed E-state index contributed by atoms with van der Waals surface area (Å²) in [4.78, 5) is 27.2. The molecule has 0 bridgehead atoms. The van der Waals surface area contributed by atoms with Gasteiger partial charge < -0.3 is 33.7 Å². The fourth-order valence-electron chi connectivity index (χ4n) is 6.03. The normalized spacial score (nSPS) is 18.0. The van der Waals surface area contributed by atoms with Gasteiger partial charge in [-0.2, -0.15) is 0 Å². The highest BCUT2D eigenvalue weighted by molar-refractivity contribution is 6.31. The van der Waals surface area contributed by atoms with Crippen LogP contribution in [0.1, 0.15) is 53.0 Å². The molecular weight excluding hydrogens is 602 g/mol. The molecule has 6 rings (SSSR count). The topological polar surface area (TPSA) is 133 Å². The summed E-state index contributed by atoms with van der Waals surface area (Å²) in [6.07, 6.45) is 1.92. The van der Waals surface area contributed by atoms with Crippen molar-refractivity contribution in [2.45, 2.75) is 44.6 Å². The van der Waals surface area contributed by atoms with Crippen LogP contribution < -0.4 is 14.2 Å². The molecule has 3 aromatic carbocycles. The number of fused-ring (bicyclic) bond motifs is 2. The summed E-state index contributed by atoms with van der Waals surface area (Å²) in [5.41, 5.74) is 3.75. The highest BCUT2D eigenvalue weighted by Gasteiger charge is 2.42. The van der Waals surface area contributed by atoms with E-state index in [1.165, 1.54) is 0 Å². The van der Waals surface area contributed by atoms with E-state index in [1.807, 2.05) is 31.2 Å². The molecular formula is C33H36ClN3O8. The maximum Gasteiger partial charge on any atom is 0.335 e. The van der Waals surface area contributed by atoms with E-state index in [9.17, 15) is 9.90 Å². The van der Waals surface area contributed by atoms with E-state index >= 15 is 0 Å². The minimum absolute atomic E-state index is 0.250. The molecule has 1 fully saturated rings. The predicted octanol–water partition coefficient (Wildman–Crippen LogP) is 5.77. The summed E-state index contributed by atoms with van der Waals surface area (Å²) in [6.45, 7) is 5.22. The molecule has 1 aromatic heterocycles. The number of carboxylic acids is 1. The van der Waals surface area contributed by atoms with Gasteiger partial charge in [0.05, 0.1) is 47.4 Å². The second-order valence-electron chi connectivity index (χ2n) is 11.0. The number of ether oxygens (including phenoxy) is 4. The highest BCUT2D eigenvalue weighted by Crippen LogP contribution is 2.50. The fraction of sp³-hybridized carbons (Fsp3) is 0.364. The quantitative estimate of drug-likeness (QED) is 0.218. The van der Waals surface area contributed by atoms with Gasteiger partial charge in [-0.3, -0.25) is 9.69 Å². The Bertz CT molecular complexity index is 1680. The number of aromatic nitrogens is 2. The molecule has 238 valence electrons. The van der Waals surface area contributed by atoms with Crippen molar-refractivity contribution in [1.29, 1.82) is 0 Å². The average molecular weight is 638 g/mol. The van der Waals surface area contributed by atoms with E-state index in [1.54, 1.807) is 38.5 Å². The summed E-state index contributed by atoms with van der Waals surface area (Å²) < 4.78 is 25.6. The molecule has 12 heteroatoms. The number of hydrogen-bond acceptors (Lipinski definition) is 8. The molecule has 45 heavy (non-hydrogen) atoms. The van der Waals surface area contributed by atoms with Crippen LogP contribution >= 0.6 is 11.6 Å². The van der Waals surface area contributed by atoms with Gasteiger partial charge >= 0.3 is 5.97 Å². The van der Waals surface area contributed by atoms with Crippen molar-refractivity contribution in [1.82, 2.24) is 14.5 Å². The maximum absolute atomic E-state index is 11.6. The van der Waals surface area contributed by atoms with Crippen molar-refractivity contribution in [3.05, 3.63) is 82.1 Å². The van der Waals surface area contributed by atoms with Crippen LogP contribution in [0.5, 0.6) is 17.2 Å². The Morgan fingerprint density at radius 3 is 2.56 bits per heavy atom. The number of hydrogen-bond donors (Lipinski definition) is 2. The summed E-state index contributed by atoms with van der Waals surface area (Å²) in [5.74, 6) is 1.41. The summed E-state index contributed by atoms with van der Waals surface area (Å²) in [5, 5.41) is 16.9. The smallest absolute Gasteiger partial charge is 0.335 e. The molecule has 11 nitrogen and oxygen atoms in total. The van der Waals surface area contributed by atoms with Crippen LogP contribution in [0, 0.1) is 0 Å². The number of imidazole rings is 1. The zero-order valence-electron chi connectivity index (χ0n) is 25.4. The monoisotopic (exact) mass is 637 g/mol. The number of carboxylic acid groups (broad SMARTS) is 2. The lowest BCUT2D eigenvalue weighted by Crippen LogP contribution is -2.34. The van der Waals surface area contributed by atoms with E-state index < -0.39 is 11.8 Å². The summed E-state index contributed by atoms with van der Waals surface area (Å²) in [7, 11) is 3.27. The molecule has 1 saturated heterocycles. The Hall–Kier alpha value is -4.32. The fourth-order valence-corrected chi connectivity index (χ4v) is 6.37. The molecule has 2 N–H and O–H groups in total. The van der Waals surface area contributed by atoms with Gasteiger partial charge in [0, 0.05) is 26.1 Å². The Labute approximate surface area is 265 Å². The highest BCUT2D eigenvalue weighted by atomic mass is 35.5. The maximum atomic E-state index is 11.6. The number of piperidine rings is 1. The molecule has 2 aliphatic rings. The van der Waals surface area contributed by atoms with E-state index in [-0.39, 0.29) is 12.0 Å². The van der Waals surface area contributed by atoms with Crippen LogP contribution in [-0.4, -0.2) is 71.0 Å². The molecule has 0 aliphatic carbocycles. The Morgan fingerprint density at radius 2 is 1.89 bits per heavy atom. The van der Waals surface area contributed by atoms with E-state index in [2.05, 4.69) is 15.5 Å². The van der Waals surface area contributed by atoms with E-state index in [0.717, 1.165) is 65.4 Å². The first kappa shape index (κ1) is 32.1. The van der Waals surface area contributed by atoms with Crippen LogP contribution in [0.15, 0.2) is 54.6 Å². The van der Waals surface area contributed by atoms with Crippen LogP contribution in [0.3, 0.4) is 0 Å². The third-order valence-corrected chi connectivity index (χ3v) is 8.57. The lowest BCUT2D eigenvalue weighted by molar-refractivity contribution is -0.122. The van der Waals surface area contributed by atoms with Crippen LogP contribution in [0.2, 0.25) is 5.02 Å². The number of rotatable bonds is 9. The molecule has 0 saturated carbocycles. The van der Waals surface area contributed by atoms with Crippen molar-refractivity contribution in [2.24, 2.45) is 0 Å². The molecule has 4 aromatic rings. The Kier molecular flexibility index (Phi) is 9.81. The lowest BCUT2D eigenvalue weighted by Gasteiger charge is -2.32. The molecule has 1 atom stereocenters. The van der Waals surface area contributed by atoms with Gasteiger partial charge in [-0.15, -0.1) is 0 Å². The largest absolute Gasteiger partial charge is 0.497 e. The summed E-state index contributed by atoms with van der Waals surface area (Å²) >= 11 is 6.59. The average Bonchev–Trinajstić information content (AvgIpc) is 3.56. The van der Waals surface area contributed by atoms with Gasteiger partial charge in [0.2, 0.25) is 0 Å². The number of benzene rings is 3. The van der Waals surface area contributed by atoms with Gasteiger partial charge in [0.1, 0.15) is 11.6 Å². The number of para-hydroxylation sites is 1. The number of carbonyl (C=O) groups is 2. The van der Waals surface area contributed by atoms with Gasteiger partial charge in [-0.25, -0.2) is 9.78 Å². The zero-order valence-corrected chi connectivity index (χ0v) is 26.1. The van der Waals surface area contributed by atoms with Crippen molar-refractivity contribution in [3.63, 3.8) is 0 Å². The zero-order chi connectivity index (χ0) is 32.1. The molecule has 3 heterocycles. The Morgan fingerprint density at radius 1 is 1.13 bits per heavy atom. The first-order valence-electron chi connectivity index (χ1n) is 14.6. The lowest BCUT2D eigenvalue weighted by atomic mass is 9.88. The van der Waals surface area contributed by atoms with E-state index in [0.29, 0.717) is 36.4 Å². The van der Waals surface area contributed by atoms with Crippen LogP contribution in [0.4, 0.5) is 0 Å². The second kappa shape index (κ2) is 13.8. The Balaban J connectivity index is 0.00000128. The first-order valence-corrected chi connectivity index (χ1v) is 15.0. The first-order chi connectivity index (χ1) is 21.7. The third-order valence-electron chi connectivity index (χ3n) is 8.26. The van der Waals surface area contributed by atoms with Gasteiger partial charge in [-0.05, 0) is 74.3 Å². The van der Waals surface area contributed by atoms with Gasteiger partial charge in [0.25, 0.3) is 12.3 Å². The number of halogens is 1. The predicted molar refractivity (Wildman–Crippen MR) is 168 cm³/mol. The minimum Gasteiger partial charge on any atom is -0.497 e. The SMILES string of the molecule is COCCn1c(CN2CCC(c3cccc4c3OC(C)(c3ccc(OC)cc3Cl)O4)CC2)nc2ccc(C(=O)O)cc21.O=CO. The number of nitrogens with zero attached hydrogens (tertiary/aromatic N) is 3. The number of methoxy groups -OCH3 is 2. The van der Waals surface area contributed by atoms with Crippen LogP contribution in [-0.2, 0) is 28.4 Å². The van der Waals surface area contributed by atoms with Crippen molar-refractivity contribution in [3.8, 4) is 17.2 Å². The third kappa shape index (κ3) is 6.70. The van der Waals surface area contributed by atoms with Crippen LogP contribution in [0.25, 0.3) is 11.0 Å². The number of aromatic carboxylic acids is 1.